The lowest BCUT2D eigenvalue weighted by atomic mass is 10.0. The molecule has 1 aliphatic heterocycles. The van der Waals surface area contributed by atoms with Crippen LogP contribution in [0.25, 0.3) is 0 Å². The van der Waals surface area contributed by atoms with Crippen molar-refractivity contribution in [3.8, 4) is 11.5 Å². The molecule has 1 aliphatic rings. The fourth-order valence-electron chi connectivity index (χ4n) is 2.64. The van der Waals surface area contributed by atoms with Gasteiger partial charge in [0.05, 0.1) is 6.61 Å². The van der Waals surface area contributed by atoms with E-state index in [0.29, 0.717) is 18.6 Å². The zero-order valence-corrected chi connectivity index (χ0v) is 12.1. The summed E-state index contributed by atoms with van der Waals surface area (Å²) in [6, 6.07) is 20.3. The van der Waals surface area contributed by atoms with Gasteiger partial charge in [-0.3, -0.25) is 0 Å². The molecule has 3 heteroatoms. The molecule has 1 saturated heterocycles. The van der Waals surface area contributed by atoms with E-state index >= 15 is 0 Å². The molecule has 0 radical (unpaired) electrons. The lowest BCUT2D eigenvalue weighted by Gasteiger charge is -2.20. The van der Waals surface area contributed by atoms with E-state index in [1.807, 2.05) is 60.7 Å². The quantitative estimate of drug-likeness (QED) is 0.883. The molecule has 0 aliphatic carbocycles. The first-order valence-corrected chi connectivity index (χ1v) is 7.51. The summed E-state index contributed by atoms with van der Waals surface area (Å²) < 4.78 is 11.7. The van der Waals surface area contributed by atoms with Crippen LogP contribution in [0.5, 0.6) is 11.5 Å². The summed E-state index contributed by atoms with van der Waals surface area (Å²) >= 11 is 0. The van der Waals surface area contributed by atoms with E-state index in [9.17, 15) is 0 Å². The van der Waals surface area contributed by atoms with Crippen LogP contribution in [0.15, 0.2) is 60.7 Å². The molecule has 0 saturated carbocycles. The molecule has 2 aromatic carbocycles. The van der Waals surface area contributed by atoms with E-state index in [4.69, 9.17) is 9.47 Å². The van der Waals surface area contributed by atoms with E-state index < -0.39 is 0 Å². The molecule has 21 heavy (non-hydrogen) atoms. The van der Waals surface area contributed by atoms with Crippen molar-refractivity contribution in [2.24, 2.45) is 5.92 Å². The predicted molar refractivity (Wildman–Crippen MR) is 83.8 cm³/mol. The zero-order valence-electron chi connectivity index (χ0n) is 12.1. The van der Waals surface area contributed by atoms with Gasteiger partial charge >= 0.3 is 0 Å². The minimum atomic E-state index is 0.355. The van der Waals surface area contributed by atoms with Gasteiger partial charge in [0.1, 0.15) is 18.1 Å². The van der Waals surface area contributed by atoms with E-state index in [1.165, 1.54) is 0 Å². The number of ether oxygens (including phenoxy) is 2. The Morgan fingerprint density at radius 2 is 1.38 bits per heavy atom. The summed E-state index contributed by atoms with van der Waals surface area (Å²) in [6.45, 7) is 2.46. The SMILES string of the molecule is c1ccc(OCC2CCNC2COc2ccccc2)cc1. The van der Waals surface area contributed by atoms with Gasteiger partial charge in [-0.15, -0.1) is 0 Å². The van der Waals surface area contributed by atoms with Crippen LogP contribution >= 0.6 is 0 Å². The third-order valence-electron chi connectivity index (χ3n) is 3.87. The highest BCUT2D eigenvalue weighted by atomic mass is 16.5. The summed E-state index contributed by atoms with van der Waals surface area (Å²) in [5, 5.41) is 3.51. The van der Waals surface area contributed by atoms with Crippen molar-refractivity contribution in [1.29, 1.82) is 0 Å². The molecule has 1 fully saturated rings. The number of nitrogens with one attached hydrogen (secondary N) is 1. The lowest BCUT2D eigenvalue weighted by Crippen LogP contribution is -2.35. The van der Waals surface area contributed by atoms with Crippen molar-refractivity contribution in [2.75, 3.05) is 19.8 Å². The van der Waals surface area contributed by atoms with Gasteiger partial charge in [0, 0.05) is 12.0 Å². The topological polar surface area (TPSA) is 30.5 Å². The summed E-state index contributed by atoms with van der Waals surface area (Å²) in [5.41, 5.74) is 0. The number of rotatable bonds is 6. The monoisotopic (exact) mass is 283 g/mol. The number of hydrogen-bond acceptors (Lipinski definition) is 3. The molecule has 3 rings (SSSR count). The van der Waals surface area contributed by atoms with E-state index in [2.05, 4.69) is 5.32 Å². The summed E-state index contributed by atoms with van der Waals surface area (Å²) in [7, 11) is 0. The van der Waals surface area contributed by atoms with Crippen LogP contribution < -0.4 is 14.8 Å². The standard InChI is InChI=1S/C18H21NO2/c1-3-7-16(8-4-1)20-13-15-11-12-19-18(15)14-21-17-9-5-2-6-10-17/h1-10,15,18-19H,11-14H2. The van der Waals surface area contributed by atoms with Crippen molar-refractivity contribution in [2.45, 2.75) is 12.5 Å². The Morgan fingerprint density at radius 1 is 0.810 bits per heavy atom. The molecule has 1 heterocycles. The highest BCUT2D eigenvalue weighted by Crippen LogP contribution is 2.19. The minimum Gasteiger partial charge on any atom is -0.493 e. The molecular weight excluding hydrogens is 262 g/mol. The molecule has 2 aromatic rings. The van der Waals surface area contributed by atoms with Crippen molar-refractivity contribution in [1.82, 2.24) is 5.32 Å². The second-order valence-corrected chi connectivity index (χ2v) is 5.36. The highest BCUT2D eigenvalue weighted by Gasteiger charge is 2.28. The lowest BCUT2D eigenvalue weighted by molar-refractivity contribution is 0.191. The van der Waals surface area contributed by atoms with Gasteiger partial charge in [0.2, 0.25) is 0 Å². The Bertz CT molecular complexity index is 480. The number of hydrogen-bond donors (Lipinski definition) is 1. The van der Waals surface area contributed by atoms with Gasteiger partial charge < -0.3 is 14.8 Å². The Labute approximate surface area is 125 Å². The first-order valence-electron chi connectivity index (χ1n) is 7.51. The smallest absolute Gasteiger partial charge is 0.119 e. The van der Waals surface area contributed by atoms with Gasteiger partial charge in [-0.05, 0) is 37.2 Å². The predicted octanol–water partition coefficient (Wildman–Crippen LogP) is 3.12. The second kappa shape index (κ2) is 7.14. The summed E-state index contributed by atoms with van der Waals surface area (Å²) in [5.74, 6) is 2.36. The first kappa shape index (κ1) is 14.0. The van der Waals surface area contributed by atoms with E-state index in [-0.39, 0.29) is 0 Å². The fraction of sp³-hybridized carbons (Fsp3) is 0.333. The Morgan fingerprint density at radius 3 is 2.00 bits per heavy atom. The highest BCUT2D eigenvalue weighted by molar-refractivity contribution is 5.22. The van der Waals surface area contributed by atoms with Gasteiger partial charge in [-0.1, -0.05) is 36.4 Å². The molecule has 0 aromatic heterocycles. The maximum absolute atomic E-state index is 5.88. The Hall–Kier alpha value is -2.00. The van der Waals surface area contributed by atoms with Crippen LogP contribution in [-0.2, 0) is 0 Å². The van der Waals surface area contributed by atoms with E-state index in [0.717, 1.165) is 31.1 Å². The third-order valence-corrected chi connectivity index (χ3v) is 3.87. The fourth-order valence-corrected chi connectivity index (χ4v) is 2.64. The van der Waals surface area contributed by atoms with Crippen LogP contribution in [0.2, 0.25) is 0 Å². The average Bonchev–Trinajstić information content (AvgIpc) is 3.00. The zero-order chi connectivity index (χ0) is 14.3. The normalized spacial score (nSPS) is 21.1. The Balaban J connectivity index is 1.49. The van der Waals surface area contributed by atoms with E-state index in [1.54, 1.807) is 0 Å². The van der Waals surface area contributed by atoms with Crippen LogP contribution in [0.3, 0.4) is 0 Å². The molecule has 0 spiro atoms. The van der Waals surface area contributed by atoms with Crippen LogP contribution in [0.1, 0.15) is 6.42 Å². The molecule has 0 amide bonds. The maximum atomic E-state index is 5.88. The third kappa shape index (κ3) is 3.99. The number of benzene rings is 2. The van der Waals surface area contributed by atoms with Crippen molar-refractivity contribution < 1.29 is 9.47 Å². The summed E-state index contributed by atoms with van der Waals surface area (Å²) in [6.07, 6.45) is 1.13. The van der Waals surface area contributed by atoms with Gasteiger partial charge in [-0.2, -0.15) is 0 Å². The molecule has 2 unspecified atom stereocenters. The molecule has 3 nitrogen and oxygen atoms in total. The number of para-hydroxylation sites is 2. The minimum absolute atomic E-state index is 0.355. The molecule has 2 atom stereocenters. The van der Waals surface area contributed by atoms with Gasteiger partial charge in [0.25, 0.3) is 0 Å². The van der Waals surface area contributed by atoms with Gasteiger partial charge in [-0.25, -0.2) is 0 Å². The molecular formula is C18H21NO2. The molecule has 0 bridgehead atoms. The van der Waals surface area contributed by atoms with Gasteiger partial charge in [0.15, 0.2) is 0 Å². The summed E-state index contributed by atoms with van der Waals surface area (Å²) in [4.78, 5) is 0. The average molecular weight is 283 g/mol. The Kier molecular flexibility index (Phi) is 4.74. The van der Waals surface area contributed by atoms with Crippen molar-refractivity contribution >= 4 is 0 Å². The van der Waals surface area contributed by atoms with Crippen LogP contribution in [0.4, 0.5) is 0 Å². The van der Waals surface area contributed by atoms with Crippen LogP contribution in [-0.4, -0.2) is 25.8 Å². The molecule has 1 N–H and O–H groups in total. The molecule has 110 valence electrons. The van der Waals surface area contributed by atoms with Crippen LogP contribution in [0, 0.1) is 5.92 Å². The largest absolute Gasteiger partial charge is 0.493 e. The maximum Gasteiger partial charge on any atom is 0.119 e. The second-order valence-electron chi connectivity index (χ2n) is 5.36. The first-order chi connectivity index (χ1) is 10.4. The van der Waals surface area contributed by atoms with Crippen molar-refractivity contribution in [3.63, 3.8) is 0 Å². The van der Waals surface area contributed by atoms with Crippen molar-refractivity contribution in [3.05, 3.63) is 60.7 Å².